The number of alkyl halides is 4. The van der Waals surface area contributed by atoms with Crippen molar-refractivity contribution in [3.05, 3.63) is 30.0 Å². The summed E-state index contributed by atoms with van der Waals surface area (Å²) in [6, 6.07) is 5.22. The Bertz CT molecular complexity index is 1270. The first kappa shape index (κ1) is 33.8. The van der Waals surface area contributed by atoms with E-state index in [4.69, 9.17) is 25.2 Å². The third-order valence-electron chi connectivity index (χ3n) is 8.09. The Labute approximate surface area is 245 Å². The molecule has 0 aliphatic heterocycles. The molecule has 2 atom stereocenters. The molecule has 14 heteroatoms. The van der Waals surface area contributed by atoms with Crippen LogP contribution in [-0.4, -0.2) is 58.9 Å². The van der Waals surface area contributed by atoms with Gasteiger partial charge >= 0.3 is 18.1 Å². The summed E-state index contributed by atoms with van der Waals surface area (Å²) in [6.07, 6.45) is 3.77. The fourth-order valence-electron chi connectivity index (χ4n) is 5.67. The highest BCUT2D eigenvalue weighted by Gasteiger charge is 2.38. The molecule has 0 saturated heterocycles. The van der Waals surface area contributed by atoms with E-state index in [9.17, 15) is 31.9 Å². The minimum atomic E-state index is -5.08. The van der Waals surface area contributed by atoms with E-state index in [1.807, 2.05) is 0 Å². The quantitative estimate of drug-likeness (QED) is 0.238. The number of hydrogen-bond donors (Lipinski definition) is 5. The van der Waals surface area contributed by atoms with Crippen LogP contribution >= 0.6 is 0 Å². The van der Waals surface area contributed by atoms with E-state index in [1.165, 1.54) is 12.5 Å². The maximum atomic E-state index is 13.3. The number of aromatic carboxylic acids is 1. The molecule has 4 rings (SSSR count). The molecule has 2 aromatic rings. The highest BCUT2D eigenvalue weighted by Crippen LogP contribution is 2.32. The second-order valence-corrected chi connectivity index (χ2v) is 11.2. The number of carboxylic acid groups (broad SMARTS) is 2. The fourth-order valence-corrected chi connectivity index (χ4v) is 5.67. The van der Waals surface area contributed by atoms with Gasteiger partial charge in [-0.25, -0.2) is 14.0 Å². The van der Waals surface area contributed by atoms with Gasteiger partial charge in [-0.1, -0.05) is 32.1 Å². The van der Waals surface area contributed by atoms with Crippen molar-refractivity contribution in [1.29, 1.82) is 0 Å². The van der Waals surface area contributed by atoms with Gasteiger partial charge in [-0.2, -0.15) is 13.2 Å². The normalized spacial score (nSPS) is 20.8. The van der Waals surface area contributed by atoms with E-state index in [2.05, 4.69) is 10.6 Å². The van der Waals surface area contributed by atoms with E-state index >= 15 is 0 Å². The fraction of sp³-hybridized carbons (Fsp3) is 0.586. The van der Waals surface area contributed by atoms with Crippen LogP contribution in [0.1, 0.15) is 74.8 Å². The highest BCUT2D eigenvalue weighted by atomic mass is 19.4. The molecule has 0 bridgehead atoms. The maximum absolute atomic E-state index is 13.3. The van der Waals surface area contributed by atoms with Crippen molar-refractivity contribution in [3.63, 3.8) is 0 Å². The summed E-state index contributed by atoms with van der Waals surface area (Å²) in [4.78, 5) is 46.5. The number of amides is 2. The predicted molar refractivity (Wildman–Crippen MR) is 148 cm³/mol. The molecule has 2 aliphatic rings. The van der Waals surface area contributed by atoms with Crippen LogP contribution in [0.4, 0.5) is 23.2 Å². The maximum Gasteiger partial charge on any atom is 0.490 e. The molecule has 1 unspecified atom stereocenters. The summed E-state index contributed by atoms with van der Waals surface area (Å²) in [5.41, 5.74) is 6.78. The molecule has 10 nitrogen and oxygen atoms in total. The SMILES string of the molecule is NC(CF)C1CCC(C(=O)N[C@@H](CC2CCCCC2)C(=O)Nc2ccc3oc(C(=O)O)cc3c2)CC1.O=C(O)C(F)(F)F. The third kappa shape index (κ3) is 9.94. The number of nitrogens with one attached hydrogen (secondary N) is 2. The first-order valence-corrected chi connectivity index (χ1v) is 14.3. The van der Waals surface area contributed by atoms with Crippen LogP contribution in [0.5, 0.6) is 0 Å². The third-order valence-corrected chi connectivity index (χ3v) is 8.09. The van der Waals surface area contributed by atoms with Crippen LogP contribution in [0.25, 0.3) is 11.0 Å². The molecular weight excluding hydrogens is 578 g/mol. The zero-order valence-corrected chi connectivity index (χ0v) is 23.5. The molecule has 238 valence electrons. The van der Waals surface area contributed by atoms with Crippen molar-refractivity contribution >= 4 is 40.4 Å². The van der Waals surface area contributed by atoms with Gasteiger partial charge in [0.1, 0.15) is 18.3 Å². The zero-order valence-electron chi connectivity index (χ0n) is 23.5. The number of furan rings is 1. The lowest BCUT2D eigenvalue weighted by atomic mass is 9.78. The topological polar surface area (TPSA) is 172 Å². The van der Waals surface area contributed by atoms with Gasteiger partial charge in [0.25, 0.3) is 0 Å². The van der Waals surface area contributed by atoms with Crippen LogP contribution in [0, 0.1) is 17.8 Å². The summed E-state index contributed by atoms with van der Waals surface area (Å²) in [5, 5.41) is 22.8. The van der Waals surface area contributed by atoms with E-state index in [-0.39, 0.29) is 29.4 Å². The lowest BCUT2D eigenvalue weighted by Crippen LogP contribution is -2.48. The number of anilines is 1. The Morgan fingerprint density at radius 3 is 2.16 bits per heavy atom. The van der Waals surface area contributed by atoms with Gasteiger partial charge in [-0.3, -0.25) is 9.59 Å². The minimum Gasteiger partial charge on any atom is -0.475 e. The monoisotopic (exact) mass is 615 g/mol. The zero-order chi connectivity index (χ0) is 31.7. The van der Waals surface area contributed by atoms with Crippen LogP contribution in [0.3, 0.4) is 0 Å². The van der Waals surface area contributed by atoms with Gasteiger partial charge < -0.3 is 31.0 Å². The number of rotatable bonds is 9. The number of fused-ring (bicyclic) bond motifs is 1. The van der Waals surface area contributed by atoms with Crippen molar-refractivity contribution < 1.29 is 51.4 Å². The first-order chi connectivity index (χ1) is 20.3. The molecule has 2 saturated carbocycles. The average molecular weight is 616 g/mol. The van der Waals surface area contributed by atoms with Gasteiger partial charge in [0, 0.05) is 23.0 Å². The lowest BCUT2D eigenvalue weighted by molar-refractivity contribution is -0.192. The number of carbonyl (C=O) groups is 4. The molecule has 1 aromatic heterocycles. The summed E-state index contributed by atoms with van der Waals surface area (Å²) >= 11 is 0. The molecule has 0 radical (unpaired) electrons. The number of nitrogens with two attached hydrogens (primary N) is 1. The molecule has 2 aliphatic carbocycles. The highest BCUT2D eigenvalue weighted by molar-refractivity contribution is 5.99. The molecule has 1 heterocycles. The first-order valence-electron chi connectivity index (χ1n) is 14.3. The molecule has 43 heavy (non-hydrogen) atoms. The minimum absolute atomic E-state index is 0.0971. The molecule has 6 N–H and O–H groups in total. The number of benzene rings is 1. The Kier molecular flexibility index (Phi) is 11.9. The van der Waals surface area contributed by atoms with Crippen molar-refractivity contribution in [2.24, 2.45) is 23.5 Å². The largest absolute Gasteiger partial charge is 0.490 e. The second-order valence-electron chi connectivity index (χ2n) is 11.2. The van der Waals surface area contributed by atoms with E-state index in [1.54, 1.807) is 18.2 Å². The van der Waals surface area contributed by atoms with Gasteiger partial charge in [0.05, 0.1) is 0 Å². The van der Waals surface area contributed by atoms with Crippen LogP contribution in [-0.2, 0) is 14.4 Å². The summed E-state index contributed by atoms with van der Waals surface area (Å²) < 4.78 is 50.0. The van der Waals surface area contributed by atoms with Gasteiger partial charge in [-0.05, 0) is 68.2 Å². The number of carboxylic acids is 2. The summed E-state index contributed by atoms with van der Waals surface area (Å²) in [7, 11) is 0. The second kappa shape index (κ2) is 15.2. The van der Waals surface area contributed by atoms with Crippen LogP contribution < -0.4 is 16.4 Å². The average Bonchev–Trinajstić information content (AvgIpc) is 3.41. The van der Waals surface area contributed by atoms with E-state index < -0.39 is 36.9 Å². The summed E-state index contributed by atoms with van der Waals surface area (Å²) in [5.74, 6) is -4.23. The number of hydrogen-bond acceptors (Lipinski definition) is 6. The number of halogens is 4. The van der Waals surface area contributed by atoms with Gasteiger partial charge in [0.2, 0.25) is 17.6 Å². The Hall–Kier alpha value is -3.68. The van der Waals surface area contributed by atoms with E-state index in [0.29, 0.717) is 54.7 Å². The van der Waals surface area contributed by atoms with Crippen molar-refractivity contribution in [2.45, 2.75) is 82.5 Å². The molecule has 2 fully saturated rings. The Balaban J connectivity index is 0.000000646. The van der Waals surface area contributed by atoms with Crippen molar-refractivity contribution in [2.75, 3.05) is 12.0 Å². The molecule has 0 spiro atoms. The van der Waals surface area contributed by atoms with Gasteiger partial charge in [-0.15, -0.1) is 0 Å². The predicted octanol–water partition coefficient (Wildman–Crippen LogP) is 5.26. The Morgan fingerprint density at radius 1 is 0.977 bits per heavy atom. The summed E-state index contributed by atoms with van der Waals surface area (Å²) in [6.45, 7) is -0.548. The number of aliphatic carboxylic acids is 1. The van der Waals surface area contributed by atoms with Crippen LogP contribution in [0.15, 0.2) is 28.7 Å². The molecule has 1 aromatic carbocycles. The molecule has 2 amide bonds. The lowest BCUT2D eigenvalue weighted by Gasteiger charge is -2.32. The standard InChI is InChI=1S/C27H36FN3O5.C2HF3O2/c28-15-21(29)17-6-8-18(9-7-17)25(32)31-22(12-16-4-2-1-3-5-16)26(33)30-20-10-11-23-19(13-20)14-24(36-23)27(34)35;3-2(4,5)1(6)7/h10-11,13-14,16-18,21-22H,1-9,12,15,29H2,(H,30,33)(H,31,32)(H,34,35);(H,6,7)/t17?,18?,21?,22-;/m0./s1. The smallest absolute Gasteiger partial charge is 0.475 e. The number of carbonyl (C=O) groups excluding carboxylic acids is 2. The Morgan fingerprint density at radius 2 is 1.60 bits per heavy atom. The van der Waals surface area contributed by atoms with E-state index in [0.717, 1.165) is 25.7 Å². The van der Waals surface area contributed by atoms with Crippen molar-refractivity contribution in [3.8, 4) is 0 Å². The van der Waals surface area contributed by atoms with Crippen LogP contribution in [0.2, 0.25) is 0 Å². The molecular formula is C29H37F4N3O7. The van der Waals surface area contributed by atoms with Crippen molar-refractivity contribution in [1.82, 2.24) is 5.32 Å². The van der Waals surface area contributed by atoms with Gasteiger partial charge in [0.15, 0.2) is 0 Å².